The summed E-state index contributed by atoms with van der Waals surface area (Å²) >= 11 is 0. The molecule has 0 radical (unpaired) electrons. The normalized spacial score (nSPS) is 10.0. The van der Waals surface area contributed by atoms with E-state index >= 15 is 0 Å². The average molecular weight is 188 g/mol. The summed E-state index contributed by atoms with van der Waals surface area (Å²) in [6.45, 7) is -0.0255. The second kappa shape index (κ2) is 3.90. The molecule has 13 heavy (non-hydrogen) atoms. The molecule has 2 amide bonds. The monoisotopic (exact) mass is 188 g/mol. The lowest BCUT2D eigenvalue weighted by Gasteiger charge is -2.09. The van der Waals surface area contributed by atoms with Crippen LogP contribution in [-0.2, 0) is 6.42 Å². The fourth-order valence-electron chi connectivity index (χ4n) is 0.812. The lowest BCUT2D eigenvalue weighted by molar-refractivity contribution is -0.0391. The van der Waals surface area contributed by atoms with Crippen LogP contribution in [0.5, 0.6) is 0 Å². The first-order valence-corrected chi connectivity index (χ1v) is 3.59. The largest absolute Gasteiger partial charge is 0.436 e. The molecule has 3 N–H and O–H groups in total. The first-order chi connectivity index (χ1) is 6.09. The molecule has 0 aromatic carbocycles. The van der Waals surface area contributed by atoms with Gasteiger partial charge in [-0.2, -0.15) is 4.39 Å². The van der Waals surface area contributed by atoms with E-state index in [-0.39, 0.29) is 13.0 Å². The van der Waals surface area contributed by atoms with E-state index in [1.807, 2.05) is 0 Å². The van der Waals surface area contributed by atoms with Gasteiger partial charge < -0.3 is 10.2 Å². The fourth-order valence-corrected chi connectivity index (χ4v) is 0.812. The second-order valence-corrected chi connectivity index (χ2v) is 2.42. The van der Waals surface area contributed by atoms with E-state index in [9.17, 15) is 9.18 Å². The van der Waals surface area contributed by atoms with E-state index in [1.165, 1.54) is 6.07 Å². The summed E-state index contributed by atoms with van der Waals surface area (Å²) in [7, 11) is 0. The number of carbonyl (C=O) groups is 1. The van der Waals surface area contributed by atoms with Gasteiger partial charge in [-0.15, -0.1) is 0 Å². The number of amides is 2. The van der Waals surface area contributed by atoms with Crippen LogP contribution in [0.3, 0.4) is 0 Å². The van der Waals surface area contributed by atoms with Crippen LogP contribution in [0, 0.1) is 6.01 Å². The van der Waals surface area contributed by atoms with Crippen molar-refractivity contribution in [1.29, 1.82) is 0 Å². The van der Waals surface area contributed by atoms with E-state index in [1.54, 1.807) is 0 Å². The minimum Gasteiger partial charge on any atom is -0.436 e. The smallest absolute Gasteiger partial charge is 0.338 e. The Bertz CT molecular complexity index is 300. The third-order valence-electron chi connectivity index (χ3n) is 1.45. The Morgan fingerprint density at radius 3 is 2.85 bits per heavy atom. The van der Waals surface area contributed by atoms with Gasteiger partial charge in [0.05, 0.1) is 6.54 Å². The van der Waals surface area contributed by atoms with Crippen molar-refractivity contribution in [2.24, 2.45) is 5.73 Å². The molecule has 0 saturated carbocycles. The van der Waals surface area contributed by atoms with Gasteiger partial charge in [0.2, 0.25) is 0 Å². The van der Waals surface area contributed by atoms with Crippen LogP contribution in [0.25, 0.3) is 0 Å². The molecule has 1 aromatic heterocycles. The lowest BCUT2D eigenvalue weighted by atomic mass is 10.3. The summed E-state index contributed by atoms with van der Waals surface area (Å²) in [5.74, 6) is 0.345. The number of rotatable bonds is 3. The van der Waals surface area contributed by atoms with Crippen LogP contribution >= 0.6 is 0 Å². The van der Waals surface area contributed by atoms with Crippen molar-refractivity contribution in [3.63, 3.8) is 0 Å². The molecule has 1 heterocycles. The number of primary amides is 1. The molecule has 72 valence electrons. The lowest BCUT2D eigenvalue weighted by Crippen LogP contribution is -2.34. The predicted molar refractivity (Wildman–Crippen MR) is 40.4 cm³/mol. The van der Waals surface area contributed by atoms with Crippen molar-refractivity contribution in [2.75, 3.05) is 6.54 Å². The van der Waals surface area contributed by atoms with Crippen molar-refractivity contribution in [3.05, 3.63) is 23.9 Å². The molecular weight excluding hydrogens is 179 g/mol. The standard InChI is InChI=1S/C7H9FN2O3/c8-6-2-1-5(13-6)3-4-10(12)7(9)11/h1-2,12H,3-4H2,(H2,9,11). The number of nitrogens with zero attached hydrogens (tertiary/aromatic N) is 1. The number of hydrogen-bond acceptors (Lipinski definition) is 3. The van der Waals surface area contributed by atoms with Gasteiger partial charge in [0, 0.05) is 12.5 Å². The minimum atomic E-state index is -0.952. The van der Waals surface area contributed by atoms with Crippen molar-refractivity contribution in [1.82, 2.24) is 5.06 Å². The first-order valence-electron chi connectivity index (χ1n) is 3.59. The van der Waals surface area contributed by atoms with E-state index in [2.05, 4.69) is 4.42 Å². The number of nitrogens with two attached hydrogens (primary N) is 1. The van der Waals surface area contributed by atoms with E-state index in [0.29, 0.717) is 10.8 Å². The summed E-state index contributed by atoms with van der Waals surface area (Å²) in [5.41, 5.74) is 4.74. The van der Waals surface area contributed by atoms with Gasteiger partial charge in [0.25, 0.3) is 6.01 Å². The summed E-state index contributed by atoms with van der Waals surface area (Å²) < 4.78 is 16.8. The number of hydrogen-bond donors (Lipinski definition) is 2. The number of carbonyl (C=O) groups excluding carboxylic acids is 1. The van der Waals surface area contributed by atoms with Crippen LogP contribution in [0.1, 0.15) is 5.76 Å². The Morgan fingerprint density at radius 2 is 2.38 bits per heavy atom. The Balaban J connectivity index is 2.39. The van der Waals surface area contributed by atoms with Gasteiger partial charge in [-0.25, -0.2) is 9.86 Å². The number of urea groups is 1. The Labute approximate surface area is 73.5 Å². The van der Waals surface area contributed by atoms with E-state index < -0.39 is 12.0 Å². The van der Waals surface area contributed by atoms with Gasteiger partial charge in [-0.1, -0.05) is 0 Å². The molecule has 6 heteroatoms. The molecule has 5 nitrogen and oxygen atoms in total. The van der Waals surface area contributed by atoms with Crippen molar-refractivity contribution < 1.29 is 18.8 Å². The number of halogens is 1. The van der Waals surface area contributed by atoms with Gasteiger partial charge in [0.1, 0.15) is 5.76 Å². The maximum absolute atomic E-state index is 12.3. The fraction of sp³-hybridized carbons (Fsp3) is 0.286. The molecule has 0 fully saturated rings. The third kappa shape index (κ3) is 2.75. The Hall–Kier alpha value is -1.56. The second-order valence-electron chi connectivity index (χ2n) is 2.42. The highest BCUT2D eigenvalue weighted by atomic mass is 19.1. The topological polar surface area (TPSA) is 79.7 Å². The zero-order valence-corrected chi connectivity index (χ0v) is 6.74. The SMILES string of the molecule is NC(=O)N(O)CCc1ccc(F)o1. The molecule has 0 saturated heterocycles. The maximum Gasteiger partial charge on any atom is 0.338 e. The Morgan fingerprint density at radius 1 is 1.69 bits per heavy atom. The molecule has 0 unspecified atom stereocenters. The molecule has 0 atom stereocenters. The average Bonchev–Trinajstić information content (AvgIpc) is 2.47. The van der Waals surface area contributed by atoms with Crippen LogP contribution in [-0.4, -0.2) is 22.8 Å². The molecule has 1 rings (SSSR count). The minimum absolute atomic E-state index is 0.0255. The van der Waals surface area contributed by atoms with Crippen molar-refractivity contribution in [2.45, 2.75) is 6.42 Å². The zero-order chi connectivity index (χ0) is 9.84. The maximum atomic E-state index is 12.3. The van der Waals surface area contributed by atoms with Gasteiger partial charge >= 0.3 is 6.03 Å². The van der Waals surface area contributed by atoms with E-state index in [4.69, 9.17) is 10.9 Å². The predicted octanol–water partition coefficient (Wildman–Crippen LogP) is 0.731. The molecule has 0 aliphatic rings. The highest BCUT2D eigenvalue weighted by Gasteiger charge is 2.07. The molecule has 0 aliphatic carbocycles. The van der Waals surface area contributed by atoms with Crippen molar-refractivity contribution in [3.8, 4) is 0 Å². The van der Waals surface area contributed by atoms with Gasteiger partial charge in [-0.05, 0) is 6.07 Å². The highest BCUT2D eigenvalue weighted by Crippen LogP contribution is 2.06. The van der Waals surface area contributed by atoms with Gasteiger partial charge in [-0.3, -0.25) is 5.21 Å². The third-order valence-corrected chi connectivity index (χ3v) is 1.45. The molecule has 0 bridgehead atoms. The van der Waals surface area contributed by atoms with Crippen LogP contribution in [0.4, 0.5) is 9.18 Å². The molecule has 0 spiro atoms. The van der Waals surface area contributed by atoms with Crippen molar-refractivity contribution >= 4 is 6.03 Å². The van der Waals surface area contributed by atoms with Crippen LogP contribution < -0.4 is 5.73 Å². The molecule has 1 aromatic rings. The summed E-state index contributed by atoms with van der Waals surface area (Å²) in [5, 5.41) is 9.15. The summed E-state index contributed by atoms with van der Waals surface area (Å²) in [4.78, 5) is 10.3. The summed E-state index contributed by atoms with van der Waals surface area (Å²) in [6, 6.07) is 0.927. The summed E-state index contributed by atoms with van der Waals surface area (Å²) in [6.07, 6.45) is 0.212. The quantitative estimate of drug-likeness (QED) is 0.542. The van der Waals surface area contributed by atoms with Crippen LogP contribution in [0.15, 0.2) is 16.5 Å². The zero-order valence-electron chi connectivity index (χ0n) is 6.74. The van der Waals surface area contributed by atoms with E-state index in [0.717, 1.165) is 6.07 Å². The number of furan rings is 1. The van der Waals surface area contributed by atoms with Gasteiger partial charge in [0.15, 0.2) is 0 Å². The molecular formula is C7H9FN2O3. The number of hydroxylamine groups is 2. The Kier molecular flexibility index (Phi) is 2.86. The highest BCUT2D eigenvalue weighted by molar-refractivity contribution is 5.70. The first kappa shape index (κ1) is 9.53. The molecule has 0 aliphatic heterocycles. The van der Waals surface area contributed by atoms with Crippen LogP contribution in [0.2, 0.25) is 0 Å².